The molecule has 0 fully saturated rings. The van der Waals surface area contributed by atoms with Gasteiger partial charge in [-0.2, -0.15) is 0 Å². The molecule has 25 heavy (non-hydrogen) atoms. The third kappa shape index (κ3) is 6.67. The molecule has 0 aliphatic heterocycles. The second-order valence-corrected chi connectivity index (χ2v) is 4.45. The van der Waals surface area contributed by atoms with Crippen LogP contribution in [0.3, 0.4) is 0 Å². The van der Waals surface area contributed by atoms with Gasteiger partial charge in [0.1, 0.15) is 6.61 Å². The van der Waals surface area contributed by atoms with E-state index in [2.05, 4.69) is 4.74 Å². The maximum Gasteiger partial charge on any atom is 0.379 e. The molecule has 0 saturated heterocycles. The van der Waals surface area contributed by atoms with Gasteiger partial charge in [-0.1, -0.05) is 0 Å². The minimum Gasteiger partial charge on any atom is -0.465 e. The van der Waals surface area contributed by atoms with E-state index in [-0.39, 0.29) is 26.4 Å². The van der Waals surface area contributed by atoms with Gasteiger partial charge in [0.25, 0.3) is 0 Å². The number of aliphatic hydroxyl groups is 1. The highest BCUT2D eigenvalue weighted by Crippen LogP contribution is 2.14. The molecule has 0 saturated carbocycles. The highest BCUT2D eigenvalue weighted by molar-refractivity contribution is 6.02. The number of hydrogen-bond acceptors (Lipinski definition) is 10. The molecule has 10 heteroatoms. The molecular formula is C15H24O10. The largest absolute Gasteiger partial charge is 0.465 e. The van der Waals surface area contributed by atoms with Crippen LogP contribution in [0.4, 0.5) is 0 Å². The lowest BCUT2D eigenvalue weighted by atomic mass is 10.1. The van der Waals surface area contributed by atoms with Gasteiger partial charge in [0.2, 0.25) is 0 Å². The highest BCUT2D eigenvalue weighted by atomic mass is 16.7. The van der Waals surface area contributed by atoms with Crippen molar-refractivity contribution in [2.45, 2.75) is 33.5 Å². The van der Waals surface area contributed by atoms with E-state index in [9.17, 15) is 24.3 Å². The normalized spacial score (nSPS) is 12.9. The number of rotatable bonds is 11. The molecule has 0 aliphatic carbocycles. The maximum atomic E-state index is 12.0. The average Bonchev–Trinajstić information content (AvgIpc) is 2.55. The highest BCUT2D eigenvalue weighted by Gasteiger charge is 2.49. The van der Waals surface area contributed by atoms with Crippen molar-refractivity contribution in [3.8, 4) is 0 Å². The molecule has 1 N–H and O–H groups in total. The summed E-state index contributed by atoms with van der Waals surface area (Å²) in [5.74, 6) is -9.39. The van der Waals surface area contributed by atoms with Crippen molar-refractivity contribution in [1.82, 2.24) is 0 Å². The molecule has 144 valence electrons. The molecule has 0 heterocycles. The van der Waals surface area contributed by atoms with Crippen LogP contribution in [0.1, 0.15) is 27.7 Å². The molecule has 0 amide bonds. The molecule has 0 aliphatic rings. The molecule has 10 nitrogen and oxygen atoms in total. The topological polar surface area (TPSA) is 135 Å². The van der Waals surface area contributed by atoms with Crippen molar-refractivity contribution in [1.29, 1.82) is 0 Å². The Balaban J connectivity index is 5.15. The van der Waals surface area contributed by atoms with Crippen LogP contribution in [0, 0.1) is 5.92 Å². The van der Waals surface area contributed by atoms with Crippen molar-refractivity contribution in [2.24, 2.45) is 5.92 Å². The summed E-state index contributed by atoms with van der Waals surface area (Å²) in [4.78, 5) is 47.3. The van der Waals surface area contributed by atoms with Gasteiger partial charge in [-0.05, 0) is 27.7 Å². The van der Waals surface area contributed by atoms with Crippen molar-refractivity contribution in [3.05, 3.63) is 0 Å². The SMILES string of the molecule is CCOC(=O)C(COC(=O)C(O)(OCC)C(=O)OCC)C(=O)OCC. The molecular weight excluding hydrogens is 340 g/mol. The average molecular weight is 364 g/mol. The minimum absolute atomic E-state index is 0.00556. The van der Waals surface area contributed by atoms with E-state index in [1.54, 1.807) is 0 Å². The fourth-order valence-corrected chi connectivity index (χ4v) is 1.61. The van der Waals surface area contributed by atoms with Gasteiger partial charge in [-0.3, -0.25) is 9.59 Å². The Bertz CT molecular complexity index is 457. The summed E-state index contributed by atoms with van der Waals surface area (Å²) in [5, 5.41) is 10.1. The van der Waals surface area contributed by atoms with Crippen LogP contribution < -0.4 is 0 Å². The summed E-state index contributed by atoms with van der Waals surface area (Å²) in [5.41, 5.74) is 0. The van der Waals surface area contributed by atoms with Crippen LogP contribution in [0.2, 0.25) is 0 Å². The Morgan fingerprint density at radius 2 is 1.20 bits per heavy atom. The lowest BCUT2D eigenvalue weighted by molar-refractivity contribution is -0.238. The molecule has 1 atom stereocenters. The predicted octanol–water partition coefficient (Wildman–Crippen LogP) is -0.440. The zero-order chi connectivity index (χ0) is 19.5. The van der Waals surface area contributed by atoms with E-state index in [1.165, 1.54) is 27.7 Å². The summed E-state index contributed by atoms with van der Waals surface area (Å²) in [6.45, 7) is 4.82. The van der Waals surface area contributed by atoms with Crippen LogP contribution >= 0.6 is 0 Å². The van der Waals surface area contributed by atoms with Crippen molar-refractivity contribution < 1.29 is 48.0 Å². The third-order valence-corrected chi connectivity index (χ3v) is 2.71. The Kier molecular flexibility index (Phi) is 10.4. The lowest BCUT2D eigenvalue weighted by Gasteiger charge is -2.23. The minimum atomic E-state index is -3.00. The molecule has 0 spiro atoms. The van der Waals surface area contributed by atoms with Crippen LogP contribution in [0.15, 0.2) is 0 Å². The maximum absolute atomic E-state index is 12.0. The molecule has 0 aromatic carbocycles. The van der Waals surface area contributed by atoms with E-state index in [0.29, 0.717) is 0 Å². The smallest absolute Gasteiger partial charge is 0.379 e. The second kappa shape index (κ2) is 11.4. The number of ether oxygens (including phenoxy) is 5. The Labute approximate surface area is 145 Å². The molecule has 0 aromatic heterocycles. The fraction of sp³-hybridized carbons (Fsp3) is 0.733. The zero-order valence-corrected chi connectivity index (χ0v) is 14.7. The van der Waals surface area contributed by atoms with E-state index in [1.807, 2.05) is 0 Å². The summed E-state index contributed by atoms with van der Waals surface area (Å²) < 4.78 is 23.4. The fourth-order valence-electron chi connectivity index (χ4n) is 1.61. The lowest BCUT2D eigenvalue weighted by Crippen LogP contribution is -2.52. The van der Waals surface area contributed by atoms with Gasteiger partial charge in [0.15, 0.2) is 5.92 Å². The zero-order valence-electron chi connectivity index (χ0n) is 14.7. The van der Waals surface area contributed by atoms with Gasteiger partial charge in [0.05, 0.1) is 19.8 Å². The number of carbonyl (C=O) groups is 4. The summed E-state index contributed by atoms with van der Waals surface area (Å²) in [6, 6.07) is 0. The molecule has 1 unspecified atom stereocenters. The summed E-state index contributed by atoms with van der Waals surface area (Å²) in [7, 11) is 0. The van der Waals surface area contributed by atoms with Gasteiger partial charge in [0, 0.05) is 6.61 Å². The van der Waals surface area contributed by atoms with Crippen LogP contribution in [0.25, 0.3) is 0 Å². The molecule has 0 bridgehead atoms. The summed E-state index contributed by atoms with van der Waals surface area (Å²) >= 11 is 0. The number of esters is 4. The second-order valence-electron chi connectivity index (χ2n) is 4.45. The van der Waals surface area contributed by atoms with Crippen LogP contribution in [-0.4, -0.2) is 67.8 Å². The number of hydrogen-bond donors (Lipinski definition) is 1. The Hall–Kier alpha value is -2.20. The van der Waals surface area contributed by atoms with E-state index in [0.717, 1.165) is 0 Å². The first kappa shape index (κ1) is 22.8. The van der Waals surface area contributed by atoms with Gasteiger partial charge >= 0.3 is 29.7 Å². The summed E-state index contributed by atoms with van der Waals surface area (Å²) in [6.07, 6.45) is 0. The molecule has 0 radical (unpaired) electrons. The third-order valence-electron chi connectivity index (χ3n) is 2.71. The van der Waals surface area contributed by atoms with Crippen LogP contribution in [0.5, 0.6) is 0 Å². The standard InChI is InChI=1S/C15H24O10/c1-5-21-11(16)10(12(17)22-6-2)9-24-14(19)15(20,25-8-4)13(18)23-7-3/h10,20H,5-9H2,1-4H3. The van der Waals surface area contributed by atoms with Gasteiger partial charge in [-0.15, -0.1) is 0 Å². The van der Waals surface area contributed by atoms with Gasteiger partial charge < -0.3 is 28.8 Å². The van der Waals surface area contributed by atoms with Crippen molar-refractivity contribution >= 4 is 23.9 Å². The Morgan fingerprint density at radius 3 is 1.60 bits per heavy atom. The van der Waals surface area contributed by atoms with Gasteiger partial charge in [-0.25, -0.2) is 9.59 Å². The number of carbonyl (C=O) groups excluding carboxylic acids is 4. The van der Waals surface area contributed by atoms with E-state index in [4.69, 9.17) is 18.9 Å². The molecule has 0 aromatic rings. The van der Waals surface area contributed by atoms with Crippen molar-refractivity contribution in [2.75, 3.05) is 33.0 Å². The van der Waals surface area contributed by atoms with Crippen LogP contribution in [-0.2, 0) is 42.9 Å². The monoisotopic (exact) mass is 364 g/mol. The first-order valence-electron chi connectivity index (χ1n) is 7.82. The predicted molar refractivity (Wildman–Crippen MR) is 80.9 cm³/mol. The first-order chi connectivity index (χ1) is 11.8. The Morgan fingerprint density at radius 1 is 0.760 bits per heavy atom. The molecule has 0 rings (SSSR count). The van der Waals surface area contributed by atoms with Crippen molar-refractivity contribution in [3.63, 3.8) is 0 Å². The van der Waals surface area contributed by atoms with E-state index >= 15 is 0 Å². The van der Waals surface area contributed by atoms with E-state index < -0.39 is 42.2 Å². The first-order valence-corrected chi connectivity index (χ1v) is 7.82. The quantitative estimate of drug-likeness (QED) is 0.222.